The summed E-state index contributed by atoms with van der Waals surface area (Å²) in [5, 5.41) is 8.82. The zero-order valence-corrected chi connectivity index (χ0v) is 79.8. The summed E-state index contributed by atoms with van der Waals surface area (Å²) >= 11 is 0. The number of rotatable bonds is 12. The molecule has 19 aromatic heterocycles. The molecule has 31 rings (SSSR count). The van der Waals surface area contributed by atoms with Crippen molar-refractivity contribution in [3.8, 4) is 124 Å². The Morgan fingerprint density at radius 1 is 0.182 bits per heavy atom. The highest BCUT2D eigenvalue weighted by Crippen LogP contribution is 2.43. The molecule has 0 amide bonds. The fraction of sp³-hybridized carbons (Fsp3) is 0.0156. The Balaban J connectivity index is 0.0000000952. The maximum Gasteiger partial charge on any atom is 0.165 e. The van der Waals surface area contributed by atoms with Gasteiger partial charge in [0.15, 0.2) is 22.6 Å². The van der Waals surface area contributed by atoms with Crippen LogP contribution in [0.1, 0.15) is 6.92 Å². The van der Waals surface area contributed by atoms with E-state index in [4.69, 9.17) is 59.8 Å². The molecule has 19 heterocycles. The lowest BCUT2D eigenvalue weighted by atomic mass is 9.97. The molecule has 0 fully saturated rings. The summed E-state index contributed by atoms with van der Waals surface area (Å²) < 4.78 is 16.7. The van der Waals surface area contributed by atoms with Crippen LogP contribution >= 0.6 is 0 Å². The number of benzene rings is 12. The molecule has 696 valence electrons. The van der Waals surface area contributed by atoms with Gasteiger partial charge >= 0.3 is 0 Å². The van der Waals surface area contributed by atoms with E-state index in [0.29, 0.717) is 0 Å². The third-order valence-corrected chi connectivity index (χ3v) is 28.0. The molecule has 0 aliphatic carbocycles. The highest BCUT2D eigenvalue weighted by atomic mass is 15.1. The molecular formula is C128H84N20. The van der Waals surface area contributed by atoms with Crippen LogP contribution in [-0.2, 0) is 6.54 Å². The van der Waals surface area contributed by atoms with Gasteiger partial charge in [-0.1, -0.05) is 297 Å². The zero-order chi connectivity index (χ0) is 97.8. The van der Waals surface area contributed by atoms with E-state index in [9.17, 15) is 0 Å². The summed E-state index contributed by atoms with van der Waals surface area (Å²) in [6.45, 7) is 3.03. The van der Waals surface area contributed by atoms with Crippen LogP contribution in [0.4, 0.5) is 0 Å². The summed E-state index contributed by atoms with van der Waals surface area (Å²) in [4.78, 5) is 59.6. The van der Waals surface area contributed by atoms with E-state index in [1.807, 2.05) is 164 Å². The average Bonchev–Trinajstić information content (AvgIpc) is 1.05. The topological polar surface area (TPSA) is 190 Å². The first kappa shape index (κ1) is 85.6. The van der Waals surface area contributed by atoms with Crippen molar-refractivity contribution in [3.63, 3.8) is 0 Å². The molecule has 0 saturated carbocycles. The standard InChI is InChI=1S/3C33H21N5.C29H21N5/c1-2-14-27-26(13-1)31(36-33-32(27)35-30-16-4-6-18-38(30)33)25-12-8-10-23(20-25)22-9-7-11-24(19-22)28-21-37-17-5-3-15-29(37)34-28;1-2-9-22(10-3-1)28-21-37-20-25(16-17-29(37)34-28)23-11-8-12-24(19-23)31-26-13-4-5-14-27(26)32-33(36-31)38-18-7-6-15-30(38)35-32;1-2-9-22(10-3-1)28-21-37-18-16-24(20-30(37)34-28)23-11-8-12-25(19-23)31-26-13-4-5-14-27(26)32-33(36-31)38-17-7-6-15-29(38)35-32;1-2-33-24-12-6-5-11-23(24)30-28(33)20-16-14-19(15-17-20)26-21-9-3-4-10-22(21)27-29(32-26)34-18-8-7-13-25(34)31-27/h3*1-21H;3-18H,2H2,1H3. The second kappa shape index (κ2) is 35.7. The normalized spacial score (nSPS) is 11.7. The van der Waals surface area contributed by atoms with Crippen molar-refractivity contribution in [3.05, 3.63) is 481 Å². The van der Waals surface area contributed by atoms with Gasteiger partial charge < -0.3 is 17.8 Å². The van der Waals surface area contributed by atoms with Gasteiger partial charge in [0.25, 0.3) is 0 Å². The van der Waals surface area contributed by atoms with Gasteiger partial charge in [0.1, 0.15) is 67.4 Å². The zero-order valence-electron chi connectivity index (χ0n) is 79.8. The van der Waals surface area contributed by atoms with Crippen molar-refractivity contribution in [1.82, 2.24) is 95.2 Å². The molecule has 0 bridgehead atoms. The lowest BCUT2D eigenvalue weighted by Crippen LogP contribution is -1.97. The third-order valence-electron chi connectivity index (χ3n) is 28.0. The predicted octanol–water partition coefficient (Wildman–Crippen LogP) is 29.8. The SMILES string of the molecule is CCn1c(-c2ccc(-c3nc4c(nc5ccccn54)c4ccccc34)cc2)nc2ccccc21.c1cc(-c2cccc(-c3nc4c(nc5ccccn54)c4ccccc34)c2)cc(-c2cn3ccccc3n2)c1.c1ccc(-c2cn3cc(-c4cccc(-c5nc6c(nc7ccccn76)c6ccccc56)c4)ccc3n2)cc1.c1ccc(-c2cn3ccc(-c4cccc(-c5nc6c(nc7ccccn76)c6ccccc56)c4)cc3n2)cc1. The molecule has 0 aliphatic rings. The maximum atomic E-state index is 5.17. The number of hydrogen-bond acceptors (Lipinski definition) is 12. The smallest absolute Gasteiger partial charge is 0.165 e. The summed E-state index contributed by atoms with van der Waals surface area (Å²) in [6, 6.07) is 144. The number of pyridine rings is 11. The Bertz CT molecular complexity index is 10300. The number of imidazole rings is 8. The molecule has 0 aliphatic heterocycles. The van der Waals surface area contributed by atoms with Gasteiger partial charge in [-0.15, -0.1) is 0 Å². The van der Waals surface area contributed by atoms with E-state index in [2.05, 4.69) is 358 Å². The summed E-state index contributed by atoms with van der Waals surface area (Å²) in [6.07, 6.45) is 20.6. The van der Waals surface area contributed by atoms with Crippen molar-refractivity contribution in [2.75, 3.05) is 0 Å². The molecule has 0 unspecified atom stereocenters. The van der Waals surface area contributed by atoms with Gasteiger partial charge in [-0.2, -0.15) is 0 Å². The first-order chi connectivity index (χ1) is 73.3. The van der Waals surface area contributed by atoms with E-state index in [1.54, 1.807) is 0 Å². The van der Waals surface area contributed by atoms with Crippen LogP contribution in [0.3, 0.4) is 0 Å². The number of aromatic nitrogens is 20. The molecule has 12 aromatic carbocycles. The molecule has 0 N–H and O–H groups in total. The van der Waals surface area contributed by atoms with Crippen molar-refractivity contribution < 1.29 is 0 Å². The van der Waals surface area contributed by atoms with Crippen LogP contribution in [0.25, 0.3) is 262 Å². The Labute approximate surface area is 845 Å². The molecule has 0 atom stereocenters. The van der Waals surface area contributed by atoms with Gasteiger partial charge in [-0.05, 0) is 162 Å². The lowest BCUT2D eigenvalue weighted by molar-refractivity contribution is 0.796. The van der Waals surface area contributed by atoms with Crippen LogP contribution < -0.4 is 0 Å². The molecule has 148 heavy (non-hydrogen) atoms. The van der Waals surface area contributed by atoms with Crippen molar-refractivity contribution >= 4 is 138 Å². The van der Waals surface area contributed by atoms with Gasteiger partial charge in [0.05, 0.1) is 50.9 Å². The Kier molecular flexibility index (Phi) is 20.6. The number of para-hydroxylation sites is 2. The van der Waals surface area contributed by atoms with Gasteiger partial charge in [0, 0.05) is 156 Å². The summed E-state index contributed by atoms with van der Waals surface area (Å²) in [5.74, 6) is 0.991. The number of fused-ring (bicyclic) bond motifs is 24. The largest absolute Gasteiger partial charge is 0.324 e. The summed E-state index contributed by atoms with van der Waals surface area (Å²) in [7, 11) is 0. The van der Waals surface area contributed by atoms with Crippen LogP contribution in [0.15, 0.2) is 481 Å². The molecule has 0 radical (unpaired) electrons. The monoisotopic (exact) mass is 1900 g/mol. The molecule has 20 heteroatoms. The fourth-order valence-corrected chi connectivity index (χ4v) is 20.9. The molecular weight excluding hydrogens is 1820 g/mol. The van der Waals surface area contributed by atoms with Crippen LogP contribution in [-0.4, -0.2) is 95.2 Å². The van der Waals surface area contributed by atoms with Gasteiger partial charge in [0.2, 0.25) is 0 Å². The van der Waals surface area contributed by atoms with Gasteiger partial charge in [-0.25, -0.2) is 59.8 Å². The molecule has 0 spiro atoms. The second-order valence-corrected chi connectivity index (χ2v) is 36.9. The molecule has 31 aromatic rings. The van der Waals surface area contributed by atoms with E-state index in [-0.39, 0.29) is 0 Å². The average molecular weight is 1900 g/mol. The number of hydrogen-bond donors (Lipinski definition) is 0. The van der Waals surface area contributed by atoms with Gasteiger partial charge in [-0.3, -0.25) is 17.6 Å². The van der Waals surface area contributed by atoms with Crippen LogP contribution in [0, 0.1) is 0 Å². The van der Waals surface area contributed by atoms with E-state index >= 15 is 0 Å². The first-order valence-electron chi connectivity index (χ1n) is 49.4. The minimum absolute atomic E-state index is 0.868. The lowest BCUT2D eigenvalue weighted by Gasteiger charge is -2.10. The number of nitrogens with zero attached hydrogens (tertiary/aromatic N) is 20. The highest BCUT2D eigenvalue weighted by molar-refractivity contribution is 6.14. The second-order valence-electron chi connectivity index (χ2n) is 36.9. The van der Waals surface area contributed by atoms with E-state index in [1.165, 1.54) is 0 Å². The Hall–Kier alpha value is -20.4. The van der Waals surface area contributed by atoms with Crippen molar-refractivity contribution in [2.24, 2.45) is 0 Å². The molecule has 0 saturated heterocycles. The minimum atomic E-state index is 0.868. The quantitative estimate of drug-likeness (QED) is 0.113. The van der Waals surface area contributed by atoms with Crippen molar-refractivity contribution in [1.29, 1.82) is 0 Å². The van der Waals surface area contributed by atoms with E-state index in [0.717, 1.165) is 268 Å². The van der Waals surface area contributed by atoms with Crippen LogP contribution in [0.5, 0.6) is 0 Å². The maximum absolute atomic E-state index is 5.17. The Morgan fingerprint density at radius 2 is 0.500 bits per heavy atom. The van der Waals surface area contributed by atoms with Crippen molar-refractivity contribution in [2.45, 2.75) is 13.5 Å². The van der Waals surface area contributed by atoms with E-state index < -0.39 is 0 Å². The first-order valence-corrected chi connectivity index (χ1v) is 49.4. The fourth-order valence-electron chi connectivity index (χ4n) is 20.9. The number of aryl methyl sites for hydroxylation is 1. The summed E-state index contributed by atoms with van der Waals surface area (Å²) in [5.41, 5.74) is 37.9. The highest BCUT2D eigenvalue weighted by Gasteiger charge is 2.24. The van der Waals surface area contributed by atoms with Crippen LogP contribution in [0.2, 0.25) is 0 Å². The predicted molar refractivity (Wildman–Crippen MR) is 597 cm³/mol. The third kappa shape index (κ3) is 15.1. The Morgan fingerprint density at radius 3 is 0.946 bits per heavy atom. The molecule has 20 nitrogen and oxygen atoms in total. The minimum Gasteiger partial charge on any atom is -0.324 e.